The van der Waals surface area contributed by atoms with Crippen LogP contribution in [-0.2, 0) is 13.5 Å². The summed E-state index contributed by atoms with van der Waals surface area (Å²) in [6, 6.07) is 1.80. The van der Waals surface area contributed by atoms with Gasteiger partial charge in [-0.2, -0.15) is 5.10 Å². The molecule has 0 fully saturated rings. The fourth-order valence-electron chi connectivity index (χ4n) is 1.68. The SMILES string of the molecule is CCc1nc(-c2cc(C)nn2C)oc1C(=O)O. The molecule has 17 heavy (non-hydrogen) atoms. The lowest BCUT2D eigenvalue weighted by Crippen LogP contribution is -1.98. The van der Waals surface area contributed by atoms with Crippen LogP contribution in [0.1, 0.15) is 28.9 Å². The van der Waals surface area contributed by atoms with Crippen LogP contribution in [0.4, 0.5) is 0 Å². The number of carbonyl (C=O) groups is 1. The second-order valence-corrected chi connectivity index (χ2v) is 3.75. The maximum atomic E-state index is 11.0. The van der Waals surface area contributed by atoms with E-state index in [9.17, 15) is 4.79 Å². The molecule has 6 nitrogen and oxygen atoms in total. The Morgan fingerprint density at radius 1 is 1.59 bits per heavy atom. The molecule has 90 valence electrons. The van der Waals surface area contributed by atoms with Gasteiger partial charge in [0, 0.05) is 7.05 Å². The van der Waals surface area contributed by atoms with Gasteiger partial charge in [0.15, 0.2) is 0 Å². The van der Waals surface area contributed by atoms with Gasteiger partial charge in [0.05, 0.1) is 11.4 Å². The van der Waals surface area contributed by atoms with E-state index in [2.05, 4.69) is 10.1 Å². The number of aromatic carboxylic acids is 1. The Morgan fingerprint density at radius 2 is 2.29 bits per heavy atom. The van der Waals surface area contributed by atoms with E-state index >= 15 is 0 Å². The van der Waals surface area contributed by atoms with Crippen LogP contribution in [0.2, 0.25) is 0 Å². The molecule has 0 saturated heterocycles. The summed E-state index contributed by atoms with van der Waals surface area (Å²) in [7, 11) is 1.76. The van der Waals surface area contributed by atoms with Gasteiger partial charge in [0.25, 0.3) is 0 Å². The molecule has 0 unspecified atom stereocenters. The van der Waals surface area contributed by atoms with Crippen molar-refractivity contribution in [3.8, 4) is 11.6 Å². The highest BCUT2D eigenvalue weighted by Gasteiger charge is 2.20. The predicted octanol–water partition coefficient (Wildman–Crippen LogP) is 1.64. The fourth-order valence-corrected chi connectivity index (χ4v) is 1.68. The molecule has 0 spiro atoms. The number of rotatable bonds is 3. The van der Waals surface area contributed by atoms with Gasteiger partial charge in [-0.15, -0.1) is 0 Å². The van der Waals surface area contributed by atoms with Gasteiger partial charge in [-0.05, 0) is 19.4 Å². The zero-order chi connectivity index (χ0) is 12.6. The Hall–Kier alpha value is -2.11. The molecule has 0 aliphatic rings. The minimum Gasteiger partial charge on any atom is -0.475 e. The Balaban J connectivity index is 2.53. The van der Waals surface area contributed by atoms with Gasteiger partial charge < -0.3 is 9.52 Å². The molecule has 2 rings (SSSR count). The molecular weight excluding hydrogens is 222 g/mol. The van der Waals surface area contributed by atoms with Gasteiger partial charge in [-0.25, -0.2) is 9.78 Å². The zero-order valence-electron chi connectivity index (χ0n) is 9.89. The molecule has 0 aliphatic carbocycles. The third-order valence-electron chi connectivity index (χ3n) is 2.45. The number of carboxylic acid groups (broad SMARTS) is 1. The molecule has 2 heterocycles. The molecule has 0 amide bonds. The lowest BCUT2D eigenvalue weighted by atomic mass is 10.3. The van der Waals surface area contributed by atoms with Crippen LogP contribution in [0.3, 0.4) is 0 Å². The molecule has 2 aromatic rings. The lowest BCUT2D eigenvalue weighted by molar-refractivity contribution is 0.0661. The highest BCUT2D eigenvalue weighted by Crippen LogP contribution is 2.22. The third-order valence-corrected chi connectivity index (χ3v) is 2.45. The van der Waals surface area contributed by atoms with Crippen molar-refractivity contribution in [1.82, 2.24) is 14.8 Å². The maximum absolute atomic E-state index is 11.0. The van der Waals surface area contributed by atoms with Crippen molar-refractivity contribution in [2.45, 2.75) is 20.3 Å². The van der Waals surface area contributed by atoms with Crippen LogP contribution in [0.15, 0.2) is 10.5 Å². The van der Waals surface area contributed by atoms with Crippen molar-refractivity contribution < 1.29 is 14.3 Å². The van der Waals surface area contributed by atoms with Crippen LogP contribution in [0.5, 0.6) is 0 Å². The number of aromatic nitrogens is 3. The maximum Gasteiger partial charge on any atom is 0.373 e. The summed E-state index contributed by atoms with van der Waals surface area (Å²) in [5.74, 6) is -0.900. The summed E-state index contributed by atoms with van der Waals surface area (Å²) in [4.78, 5) is 15.1. The first-order valence-corrected chi connectivity index (χ1v) is 5.27. The Labute approximate surface area is 97.9 Å². The summed E-state index contributed by atoms with van der Waals surface area (Å²) in [6.45, 7) is 3.69. The molecule has 2 aromatic heterocycles. The number of oxazole rings is 1. The fraction of sp³-hybridized carbons (Fsp3) is 0.364. The van der Waals surface area contributed by atoms with E-state index in [-0.39, 0.29) is 5.76 Å². The smallest absolute Gasteiger partial charge is 0.373 e. The van der Waals surface area contributed by atoms with E-state index < -0.39 is 5.97 Å². The summed E-state index contributed by atoms with van der Waals surface area (Å²) >= 11 is 0. The van der Waals surface area contributed by atoms with Gasteiger partial charge in [-0.3, -0.25) is 4.68 Å². The van der Waals surface area contributed by atoms with Crippen LogP contribution < -0.4 is 0 Å². The topological polar surface area (TPSA) is 81.2 Å². The molecule has 0 atom stereocenters. The Bertz CT molecular complexity index is 569. The first kappa shape index (κ1) is 11.4. The van der Waals surface area contributed by atoms with Crippen LogP contribution in [0, 0.1) is 6.92 Å². The molecule has 1 N–H and O–H groups in total. The Kier molecular flexibility index (Phi) is 2.71. The minimum atomic E-state index is -1.10. The van der Waals surface area contributed by atoms with Crippen molar-refractivity contribution in [3.63, 3.8) is 0 Å². The molecule has 0 aliphatic heterocycles. The van der Waals surface area contributed by atoms with E-state index in [1.165, 1.54) is 0 Å². The van der Waals surface area contributed by atoms with Crippen LogP contribution in [-0.4, -0.2) is 25.8 Å². The van der Waals surface area contributed by atoms with E-state index in [0.717, 1.165) is 5.69 Å². The first-order chi connectivity index (χ1) is 8.02. The molecular formula is C11H13N3O3. The van der Waals surface area contributed by atoms with Crippen molar-refractivity contribution in [1.29, 1.82) is 0 Å². The molecule has 0 aromatic carbocycles. The number of carboxylic acids is 1. The number of nitrogens with zero attached hydrogens (tertiary/aromatic N) is 3. The normalized spacial score (nSPS) is 10.8. The Morgan fingerprint density at radius 3 is 2.71 bits per heavy atom. The predicted molar refractivity (Wildman–Crippen MR) is 59.8 cm³/mol. The van der Waals surface area contributed by atoms with Gasteiger partial charge >= 0.3 is 5.97 Å². The van der Waals surface area contributed by atoms with Crippen LogP contribution >= 0.6 is 0 Å². The summed E-state index contributed by atoms with van der Waals surface area (Å²) < 4.78 is 6.89. The standard InChI is InChI=1S/C11H13N3O3/c1-4-7-9(11(15)16)17-10(12-7)8-5-6(2)13-14(8)3/h5H,4H2,1-3H3,(H,15,16). The van der Waals surface area contributed by atoms with E-state index in [1.54, 1.807) is 17.8 Å². The van der Waals surface area contributed by atoms with E-state index in [0.29, 0.717) is 23.7 Å². The van der Waals surface area contributed by atoms with Gasteiger partial charge in [0.1, 0.15) is 5.69 Å². The average molecular weight is 235 g/mol. The largest absolute Gasteiger partial charge is 0.475 e. The summed E-state index contributed by atoms with van der Waals surface area (Å²) in [6.07, 6.45) is 0.516. The molecule has 0 saturated carbocycles. The van der Waals surface area contributed by atoms with Crippen molar-refractivity contribution in [3.05, 3.63) is 23.2 Å². The third kappa shape index (κ3) is 1.93. The van der Waals surface area contributed by atoms with E-state index in [1.807, 2.05) is 13.8 Å². The number of hydrogen-bond acceptors (Lipinski definition) is 4. The first-order valence-electron chi connectivity index (χ1n) is 5.27. The van der Waals surface area contributed by atoms with Crippen LogP contribution in [0.25, 0.3) is 11.6 Å². The monoisotopic (exact) mass is 235 g/mol. The van der Waals surface area contributed by atoms with E-state index in [4.69, 9.17) is 9.52 Å². The second-order valence-electron chi connectivity index (χ2n) is 3.75. The van der Waals surface area contributed by atoms with Crippen molar-refractivity contribution >= 4 is 5.97 Å². The molecule has 0 radical (unpaired) electrons. The number of hydrogen-bond donors (Lipinski definition) is 1. The lowest BCUT2D eigenvalue weighted by Gasteiger charge is -1.94. The summed E-state index contributed by atoms with van der Waals surface area (Å²) in [5.41, 5.74) is 1.95. The summed E-state index contributed by atoms with van der Waals surface area (Å²) in [5, 5.41) is 13.1. The quantitative estimate of drug-likeness (QED) is 0.874. The average Bonchev–Trinajstić information content (AvgIpc) is 2.81. The highest BCUT2D eigenvalue weighted by atomic mass is 16.4. The van der Waals surface area contributed by atoms with Gasteiger partial charge in [-0.1, -0.05) is 6.92 Å². The van der Waals surface area contributed by atoms with Gasteiger partial charge in [0.2, 0.25) is 11.7 Å². The second kappa shape index (κ2) is 4.04. The van der Waals surface area contributed by atoms with Crippen molar-refractivity contribution in [2.75, 3.05) is 0 Å². The highest BCUT2D eigenvalue weighted by molar-refractivity contribution is 5.86. The minimum absolute atomic E-state index is 0.0960. The zero-order valence-corrected chi connectivity index (χ0v) is 9.89. The number of aryl methyl sites for hydroxylation is 3. The van der Waals surface area contributed by atoms with Crippen molar-refractivity contribution in [2.24, 2.45) is 7.05 Å². The molecule has 6 heteroatoms. The molecule has 0 bridgehead atoms.